The van der Waals surface area contributed by atoms with Crippen molar-refractivity contribution >= 4 is 21.4 Å². The quantitative estimate of drug-likeness (QED) is 0.873. The number of benzene rings is 1. The lowest BCUT2D eigenvalue weighted by Gasteiger charge is -2.32. The van der Waals surface area contributed by atoms with Crippen molar-refractivity contribution in [1.82, 2.24) is 0 Å². The van der Waals surface area contributed by atoms with Gasteiger partial charge in [0, 0.05) is 11.7 Å². The molecule has 0 aromatic heterocycles. The fraction of sp³-hybridized carbons (Fsp3) is 0.600. The third-order valence-electron chi connectivity index (χ3n) is 4.05. The fourth-order valence-electron chi connectivity index (χ4n) is 2.99. The van der Waals surface area contributed by atoms with Gasteiger partial charge < -0.3 is 5.32 Å². The first-order valence-corrected chi connectivity index (χ1v) is 9.32. The van der Waals surface area contributed by atoms with E-state index in [1.807, 2.05) is 0 Å². The van der Waals surface area contributed by atoms with Crippen molar-refractivity contribution in [3.63, 3.8) is 0 Å². The van der Waals surface area contributed by atoms with E-state index in [0.717, 1.165) is 24.8 Å². The van der Waals surface area contributed by atoms with Crippen molar-refractivity contribution in [3.05, 3.63) is 24.0 Å². The van der Waals surface area contributed by atoms with E-state index in [1.165, 1.54) is 31.4 Å². The van der Waals surface area contributed by atoms with Gasteiger partial charge in [-0.25, -0.2) is 12.8 Å². The van der Waals surface area contributed by atoms with Gasteiger partial charge in [0.25, 0.3) is 0 Å². The SMILES string of the molecule is CCC1CCCCC1Nc1ccc(F)c(NS(C)(=O)=O)c1. The molecular weight excluding hydrogens is 291 g/mol. The van der Waals surface area contributed by atoms with E-state index in [-0.39, 0.29) is 5.69 Å². The normalized spacial score (nSPS) is 22.8. The average Bonchev–Trinajstić information content (AvgIpc) is 2.41. The first kappa shape index (κ1) is 16.1. The molecule has 2 N–H and O–H groups in total. The Labute approximate surface area is 126 Å². The van der Waals surface area contributed by atoms with Crippen LogP contribution in [0.1, 0.15) is 39.0 Å². The number of hydrogen-bond acceptors (Lipinski definition) is 3. The van der Waals surface area contributed by atoms with Crippen molar-refractivity contribution in [2.75, 3.05) is 16.3 Å². The number of hydrogen-bond donors (Lipinski definition) is 2. The van der Waals surface area contributed by atoms with E-state index < -0.39 is 15.8 Å². The Balaban J connectivity index is 2.15. The maximum atomic E-state index is 13.7. The van der Waals surface area contributed by atoms with Gasteiger partial charge in [-0.3, -0.25) is 4.72 Å². The highest BCUT2D eigenvalue weighted by Crippen LogP contribution is 2.30. The molecule has 6 heteroatoms. The lowest BCUT2D eigenvalue weighted by Crippen LogP contribution is -2.31. The summed E-state index contributed by atoms with van der Waals surface area (Å²) in [5.41, 5.74) is 0.749. The molecule has 0 saturated heterocycles. The molecule has 0 spiro atoms. The molecule has 1 aromatic carbocycles. The van der Waals surface area contributed by atoms with Crippen LogP contribution in [0.2, 0.25) is 0 Å². The predicted molar refractivity (Wildman–Crippen MR) is 84.5 cm³/mol. The zero-order valence-corrected chi connectivity index (χ0v) is 13.3. The Morgan fingerprint density at radius 2 is 2.00 bits per heavy atom. The lowest BCUT2D eigenvalue weighted by molar-refractivity contribution is 0.317. The Bertz CT molecular complexity index is 589. The molecule has 118 valence electrons. The summed E-state index contributed by atoms with van der Waals surface area (Å²) in [6, 6.07) is 4.85. The largest absolute Gasteiger partial charge is 0.382 e. The highest BCUT2D eigenvalue weighted by Gasteiger charge is 2.23. The van der Waals surface area contributed by atoms with E-state index in [1.54, 1.807) is 6.07 Å². The van der Waals surface area contributed by atoms with Crippen molar-refractivity contribution in [1.29, 1.82) is 0 Å². The average molecular weight is 314 g/mol. The second kappa shape index (κ2) is 6.64. The monoisotopic (exact) mass is 314 g/mol. The fourth-order valence-corrected chi connectivity index (χ4v) is 3.55. The molecule has 1 aliphatic rings. The molecule has 4 nitrogen and oxygen atoms in total. The van der Waals surface area contributed by atoms with Crippen LogP contribution in [0.3, 0.4) is 0 Å². The smallest absolute Gasteiger partial charge is 0.229 e. The zero-order valence-electron chi connectivity index (χ0n) is 12.5. The molecule has 1 aliphatic carbocycles. The molecule has 0 heterocycles. The van der Waals surface area contributed by atoms with Crippen LogP contribution in [-0.4, -0.2) is 20.7 Å². The van der Waals surface area contributed by atoms with Crippen LogP contribution in [0.5, 0.6) is 0 Å². The molecule has 21 heavy (non-hydrogen) atoms. The Hall–Kier alpha value is -1.30. The molecule has 2 unspecified atom stereocenters. The first-order chi connectivity index (χ1) is 9.89. The second-order valence-electron chi connectivity index (χ2n) is 5.77. The summed E-state index contributed by atoms with van der Waals surface area (Å²) in [7, 11) is -3.48. The van der Waals surface area contributed by atoms with E-state index in [9.17, 15) is 12.8 Å². The van der Waals surface area contributed by atoms with Gasteiger partial charge >= 0.3 is 0 Å². The van der Waals surface area contributed by atoms with Gasteiger partial charge in [-0.1, -0.05) is 26.2 Å². The highest BCUT2D eigenvalue weighted by molar-refractivity contribution is 7.92. The van der Waals surface area contributed by atoms with Gasteiger partial charge in [0.05, 0.1) is 11.9 Å². The highest BCUT2D eigenvalue weighted by atomic mass is 32.2. The maximum Gasteiger partial charge on any atom is 0.229 e. The van der Waals surface area contributed by atoms with Crippen LogP contribution < -0.4 is 10.0 Å². The summed E-state index contributed by atoms with van der Waals surface area (Å²) >= 11 is 0. The molecular formula is C15H23FN2O2S. The Morgan fingerprint density at radius 3 is 2.67 bits per heavy atom. The minimum atomic E-state index is -3.48. The van der Waals surface area contributed by atoms with Crippen molar-refractivity contribution in [2.24, 2.45) is 5.92 Å². The van der Waals surface area contributed by atoms with E-state index in [2.05, 4.69) is 17.0 Å². The summed E-state index contributed by atoms with van der Waals surface area (Å²) in [6.07, 6.45) is 6.91. The molecule has 0 radical (unpaired) electrons. The van der Waals surface area contributed by atoms with Gasteiger partial charge in [-0.15, -0.1) is 0 Å². The molecule has 0 bridgehead atoms. The third kappa shape index (κ3) is 4.59. The van der Waals surface area contributed by atoms with Crippen molar-refractivity contribution in [3.8, 4) is 0 Å². The molecule has 1 aromatic rings. The minimum Gasteiger partial charge on any atom is -0.382 e. The number of anilines is 2. The Kier molecular flexibility index (Phi) is 5.08. The van der Waals surface area contributed by atoms with Crippen LogP contribution in [0.15, 0.2) is 18.2 Å². The van der Waals surface area contributed by atoms with Crippen LogP contribution >= 0.6 is 0 Å². The van der Waals surface area contributed by atoms with E-state index >= 15 is 0 Å². The van der Waals surface area contributed by atoms with Gasteiger partial charge in [0.1, 0.15) is 5.82 Å². The van der Waals surface area contributed by atoms with Crippen LogP contribution in [0, 0.1) is 11.7 Å². The third-order valence-corrected chi connectivity index (χ3v) is 4.64. The molecule has 2 rings (SSSR count). The maximum absolute atomic E-state index is 13.7. The molecule has 0 aliphatic heterocycles. The van der Waals surface area contributed by atoms with E-state index in [4.69, 9.17) is 0 Å². The number of rotatable bonds is 5. The van der Waals surface area contributed by atoms with Crippen LogP contribution in [0.25, 0.3) is 0 Å². The van der Waals surface area contributed by atoms with Gasteiger partial charge in [-0.05, 0) is 37.0 Å². The van der Waals surface area contributed by atoms with E-state index in [0.29, 0.717) is 12.0 Å². The standard InChI is InChI=1S/C15H23FN2O2S/c1-3-11-6-4-5-7-14(11)17-12-8-9-13(16)15(10-12)18-21(2,19)20/h8-11,14,17-18H,3-7H2,1-2H3. The number of nitrogens with one attached hydrogen (secondary N) is 2. The van der Waals surface area contributed by atoms with Crippen LogP contribution in [0.4, 0.5) is 15.8 Å². The summed E-state index contributed by atoms with van der Waals surface area (Å²) in [5.74, 6) is 0.0526. The molecule has 0 amide bonds. The second-order valence-corrected chi connectivity index (χ2v) is 7.52. The summed E-state index contributed by atoms with van der Waals surface area (Å²) in [6.45, 7) is 2.19. The topological polar surface area (TPSA) is 58.2 Å². The zero-order chi connectivity index (χ0) is 15.5. The van der Waals surface area contributed by atoms with Gasteiger partial charge in [-0.2, -0.15) is 0 Å². The predicted octanol–water partition coefficient (Wildman–Crippen LogP) is 3.58. The molecule has 1 fully saturated rings. The summed E-state index contributed by atoms with van der Waals surface area (Å²) in [5, 5.41) is 3.43. The van der Waals surface area contributed by atoms with Crippen molar-refractivity contribution in [2.45, 2.75) is 45.1 Å². The summed E-state index contributed by atoms with van der Waals surface area (Å²) < 4.78 is 38.4. The van der Waals surface area contributed by atoms with Gasteiger partial charge in [0.15, 0.2) is 0 Å². The minimum absolute atomic E-state index is 0.00800. The van der Waals surface area contributed by atoms with Gasteiger partial charge in [0.2, 0.25) is 10.0 Å². The summed E-state index contributed by atoms with van der Waals surface area (Å²) in [4.78, 5) is 0. The van der Waals surface area contributed by atoms with Crippen molar-refractivity contribution < 1.29 is 12.8 Å². The lowest BCUT2D eigenvalue weighted by atomic mass is 9.83. The number of sulfonamides is 1. The first-order valence-electron chi connectivity index (χ1n) is 7.43. The number of halogens is 1. The Morgan fingerprint density at radius 1 is 1.29 bits per heavy atom. The van der Waals surface area contributed by atoms with Crippen LogP contribution in [-0.2, 0) is 10.0 Å². The molecule has 2 atom stereocenters. The molecule has 1 saturated carbocycles.